The van der Waals surface area contributed by atoms with E-state index in [0.717, 1.165) is 30.8 Å². The summed E-state index contributed by atoms with van der Waals surface area (Å²) < 4.78 is 1.96. The third-order valence-electron chi connectivity index (χ3n) is 4.36. The Bertz CT molecular complexity index is 480. The fraction of sp³-hybridized carbons (Fsp3) is 0.769. The minimum atomic E-state index is 0.0378. The minimum Gasteiger partial charge on any atom is -0.396 e. The lowest BCUT2D eigenvalue weighted by Crippen LogP contribution is -2.22. The van der Waals surface area contributed by atoms with Crippen molar-refractivity contribution in [3.63, 3.8) is 0 Å². The molecule has 0 radical (unpaired) electrons. The summed E-state index contributed by atoms with van der Waals surface area (Å²) in [5, 5.41) is 26.6. The van der Waals surface area contributed by atoms with Gasteiger partial charge in [0.2, 0.25) is 0 Å². The van der Waals surface area contributed by atoms with Crippen LogP contribution in [0.5, 0.6) is 0 Å². The van der Waals surface area contributed by atoms with Crippen LogP contribution in [0.4, 0.5) is 0 Å². The van der Waals surface area contributed by atoms with Crippen LogP contribution in [0.25, 0.3) is 0 Å². The Labute approximate surface area is 106 Å². The molecule has 0 atom stereocenters. The third-order valence-corrected chi connectivity index (χ3v) is 4.36. The fourth-order valence-corrected chi connectivity index (χ4v) is 2.66. The van der Waals surface area contributed by atoms with Gasteiger partial charge < -0.3 is 5.11 Å². The Hall–Kier alpha value is -1.41. The number of hydrogen-bond acceptors (Lipinski definition) is 4. The molecule has 2 aliphatic rings. The van der Waals surface area contributed by atoms with Crippen LogP contribution in [0.2, 0.25) is 0 Å². The second-order valence-electron chi connectivity index (χ2n) is 5.70. The summed E-state index contributed by atoms with van der Waals surface area (Å²) in [5.41, 5.74) is 2.04. The number of aliphatic hydroxyl groups is 1. The largest absolute Gasteiger partial charge is 0.396 e. The number of hydrogen-bond donors (Lipinski definition) is 1. The fourth-order valence-electron chi connectivity index (χ4n) is 2.66. The first-order valence-corrected chi connectivity index (χ1v) is 6.68. The van der Waals surface area contributed by atoms with Crippen molar-refractivity contribution in [1.29, 1.82) is 5.26 Å². The lowest BCUT2D eigenvalue weighted by Gasteiger charge is -2.27. The van der Waals surface area contributed by atoms with Gasteiger partial charge in [0, 0.05) is 11.3 Å². The van der Waals surface area contributed by atoms with Crippen molar-refractivity contribution in [1.82, 2.24) is 15.0 Å². The van der Waals surface area contributed by atoms with Gasteiger partial charge in [0.1, 0.15) is 5.69 Å². The standard InChI is InChI=1S/C13H18N4O/c14-7-4-11-12(10-2-1-3-10)17(16-15-11)8-13(9-18)5-6-13/h10,18H,1-6,8-9H2. The Morgan fingerprint density at radius 2 is 2.22 bits per heavy atom. The van der Waals surface area contributed by atoms with Gasteiger partial charge in [-0.2, -0.15) is 5.26 Å². The van der Waals surface area contributed by atoms with Crippen molar-refractivity contribution in [2.45, 2.75) is 51.0 Å². The quantitative estimate of drug-likeness (QED) is 0.851. The van der Waals surface area contributed by atoms with Gasteiger partial charge in [-0.15, -0.1) is 5.10 Å². The van der Waals surface area contributed by atoms with Gasteiger partial charge in [-0.05, 0) is 25.7 Å². The highest BCUT2D eigenvalue weighted by molar-refractivity contribution is 5.21. The minimum absolute atomic E-state index is 0.0378. The first-order valence-electron chi connectivity index (χ1n) is 6.68. The van der Waals surface area contributed by atoms with Crippen LogP contribution in [0.15, 0.2) is 0 Å². The van der Waals surface area contributed by atoms with Crippen LogP contribution in [-0.4, -0.2) is 26.7 Å². The lowest BCUT2D eigenvalue weighted by atomic mass is 9.81. The molecule has 5 nitrogen and oxygen atoms in total. The second kappa shape index (κ2) is 4.36. The van der Waals surface area contributed by atoms with E-state index in [1.165, 1.54) is 19.3 Å². The molecule has 1 heterocycles. The SMILES string of the molecule is N#CCc1nnn(CC2(CO)CC2)c1C1CCC1. The molecule has 1 aromatic rings. The molecular weight excluding hydrogens is 228 g/mol. The maximum atomic E-state index is 9.41. The summed E-state index contributed by atoms with van der Waals surface area (Å²) in [6.45, 7) is 0.984. The zero-order chi connectivity index (χ0) is 12.6. The molecule has 0 saturated heterocycles. The summed E-state index contributed by atoms with van der Waals surface area (Å²) in [5.74, 6) is 0.526. The van der Waals surface area contributed by atoms with Crippen molar-refractivity contribution >= 4 is 0 Å². The first kappa shape index (κ1) is 11.7. The van der Waals surface area contributed by atoms with E-state index in [-0.39, 0.29) is 12.0 Å². The molecule has 2 aliphatic carbocycles. The predicted molar refractivity (Wildman–Crippen MR) is 64.7 cm³/mol. The maximum Gasteiger partial charge on any atom is 0.100 e. The number of aromatic nitrogens is 3. The van der Waals surface area contributed by atoms with Crippen LogP contribution >= 0.6 is 0 Å². The molecular formula is C13H18N4O. The van der Waals surface area contributed by atoms with Crippen LogP contribution in [0.3, 0.4) is 0 Å². The molecule has 0 spiro atoms. The zero-order valence-corrected chi connectivity index (χ0v) is 10.5. The number of nitrogens with zero attached hydrogens (tertiary/aromatic N) is 4. The van der Waals surface area contributed by atoms with E-state index in [1.807, 2.05) is 4.68 Å². The Kier molecular flexibility index (Phi) is 2.83. The van der Waals surface area contributed by atoms with Gasteiger partial charge in [-0.1, -0.05) is 11.6 Å². The van der Waals surface area contributed by atoms with Crippen LogP contribution in [-0.2, 0) is 13.0 Å². The highest BCUT2D eigenvalue weighted by atomic mass is 16.3. The monoisotopic (exact) mass is 246 g/mol. The molecule has 3 rings (SSSR count). The summed E-state index contributed by atoms with van der Waals surface area (Å²) in [7, 11) is 0. The molecule has 1 aromatic heterocycles. The highest BCUT2D eigenvalue weighted by Crippen LogP contribution is 2.47. The predicted octanol–water partition coefficient (Wildman–Crippen LogP) is 1.38. The van der Waals surface area contributed by atoms with Crippen molar-refractivity contribution in [3.05, 3.63) is 11.4 Å². The normalized spacial score (nSPS) is 21.3. The summed E-state index contributed by atoms with van der Waals surface area (Å²) in [6.07, 6.45) is 6.10. The Balaban J connectivity index is 1.86. The smallest absolute Gasteiger partial charge is 0.100 e. The van der Waals surface area contributed by atoms with E-state index in [9.17, 15) is 5.11 Å². The van der Waals surface area contributed by atoms with Crippen molar-refractivity contribution in [2.75, 3.05) is 6.61 Å². The number of rotatable bonds is 5. The molecule has 5 heteroatoms. The van der Waals surface area contributed by atoms with Gasteiger partial charge >= 0.3 is 0 Å². The van der Waals surface area contributed by atoms with Gasteiger partial charge in [0.05, 0.1) is 31.3 Å². The lowest BCUT2D eigenvalue weighted by molar-refractivity contribution is 0.186. The van der Waals surface area contributed by atoms with Crippen molar-refractivity contribution in [3.8, 4) is 6.07 Å². The van der Waals surface area contributed by atoms with Crippen molar-refractivity contribution < 1.29 is 5.11 Å². The van der Waals surface area contributed by atoms with Crippen LogP contribution in [0.1, 0.15) is 49.4 Å². The molecule has 0 unspecified atom stereocenters. The van der Waals surface area contributed by atoms with E-state index in [2.05, 4.69) is 16.4 Å². The average Bonchev–Trinajstić information content (AvgIpc) is 2.99. The molecule has 18 heavy (non-hydrogen) atoms. The van der Waals surface area contributed by atoms with Gasteiger partial charge in [-0.25, -0.2) is 4.68 Å². The first-order chi connectivity index (χ1) is 8.78. The van der Waals surface area contributed by atoms with Gasteiger partial charge in [0.15, 0.2) is 0 Å². The van der Waals surface area contributed by atoms with E-state index < -0.39 is 0 Å². The Morgan fingerprint density at radius 3 is 2.72 bits per heavy atom. The molecule has 2 saturated carbocycles. The summed E-state index contributed by atoms with van der Waals surface area (Å²) in [4.78, 5) is 0. The maximum absolute atomic E-state index is 9.41. The number of aliphatic hydroxyl groups excluding tert-OH is 1. The highest BCUT2D eigenvalue weighted by Gasteiger charge is 2.43. The van der Waals surface area contributed by atoms with E-state index in [0.29, 0.717) is 12.3 Å². The summed E-state index contributed by atoms with van der Waals surface area (Å²) in [6, 6.07) is 2.17. The molecule has 0 bridgehead atoms. The van der Waals surface area contributed by atoms with Crippen LogP contribution < -0.4 is 0 Å². The molecule has 0 amide bonds. The third kappa shape index (κ3) is 1.91. The van der Waals surface area contributed by atoms with E-state index >= 15 is 0 Å². The second-order valence-corrected chi connectivity index (χ2v) is 5.70. The Morgan fingerprint density at radius 1 is 1.44 bits per heavy atom. The van der Waals surface area contributed by atoms with E-state index in [1.54, 1.807) is 0 Å². The molecule has 1 N–H and O–H groups in total. The molecule has 96 valence electrons. The van der Waals surface area contributed by atoms with Crippen molar-refractivity contribution in [2.24, 2.45) is 5.41 Å². The summed E-state index contributed by atoms with van der Waals surface area (Å²) >= 11 is 0. The van der Waals surface area contributed by atoms with E-state index in [4.69, 9.17) is 5.26 Å². The van der Waals surface area contributed by atoms with Crippen LogP contribution in [0, 0.1) is 16.7 Å². The topological polar surface area (TPSA) is 74.7 Å². The number of nitriles is 1. The molecule has 2 fully saturated rings. The zero-order valence-electron chi connectivity index (χ0n) is 10.5. The van der Waals surface area contributed by atoms with Gasteiger partial charge in [-0.3, -0.25) is 0 Å². The van der Waals surface area contributed by atoms with Gasteiger partial charge in [0.25, 0.3) is 0 Å². The average molecular weight is 246 g/mol. The molecule has 0 aromatic carbocycles. The molecule has 0 aliphatic heterocycles.